The lowest BCUT2D eigenvalue weighted by Crippen LogP contribution is -2.51. The van der Waals surface area contributed by atoms with Crippen LogP contribution in [0.3, 0.4) is 0 Å². The molecule has 3 fully saturated rings. The van der Waals surface area contributed by atoms with Crippen molar-refractivity contribution in [1.82, 2.24) is 15.6 Å². The number of phenols is 2. The molecule has 11 atom stereocenters. The third-order valence-corrected chi connectivity index (χ3v) is 19.2. The van der Waals surface area contributed by atoms with E-state index in [0.717, 1.165) is 92.3 Å². The van der Waals surface area contributed by atoms with E-state index >= 15 is 0 Å². The topological polar surface area (TPSA) is 204 Å². The highest BCUT2D eigenvalue weighted by Crippen LogP contribution is 2.63. The van der Waals surface area contributed by atoms with Gasteiger partial charge in [-0.3, -0.25) is 4.79 Å². The summed E-state index contributed by atoms with van der Waals surface area (Å²) in [6.45, 7) is 9.77. The molecular formula is C63H92N4O7. The second kappa shape index (κ2) is 24.6. The Morgan fingerprint density at radius 2 is 1.65 bits per heavy atom. The number of dihydropyridines is 1. The summed E-state index contributed by atoms with van der Waals surface area (Å²) in [5.74, 6) is -1.52. The fourth-order valence-corrected chi connectivity index (χ4v) is 15.1. The molecule has 2 heterocycles. The van der Waals surface area contributed by atoms with Gasteiger partial charge >= 0.3 is 5.97 Å². The van der Waals surface area contributed by atoms with Crippen molar-refractivity contribution in [2.75, 3.05) is 20.1 Å². The molecule has 0 saturated heterocycles. The van der Waals surface area contributed by atoms with Crippen molar-refractivity contribution >= 4 is 5.97 Å². The van der Waals surface area contributed by atoms with Crippen LogP contribution in [0.15, 0.2) is 78.2 Å². The Kier molecular flexibility index (Phi) is 18.5. The van der Waals surface area contributed by atoms with Crippen molar-refractivity contribution in [3.63, 3.8) is 0 Å². The van der Waals surface area contributed by atoms with Crippen LogP contribution in [0.1, 0.15) is 183 Å². The first-order valence-electron chi connectivity index (χ1n) is 29.0. The zero-order chi connectivity index (χ0) is 52.7. The number of aromatic hydroxyl groups is 2. The molecule has 11 N–H and O–H groups in total. The van der Waals surface area contributed by atoms with Gasteiger partial charge in [0, 0.05) is 65.8 Å². The number of hydrogen-bond acceptors (Lipinski definition) is 9. The number of carboxylic acids is 1. The van der Waals surface area contributed by atoms with E-state index < -0.39 is 29.5 Å². The average molecular weight is 1020 g/mol. The Labute approximate surface area is 442 Å². The quantitative estimate of drug-likeness (QED) is 0.0383. The SMILES string of the molecule is CCCCCC1C=CC(CCCCC2CCC(c3cc(CC)c(-c4cc(O)cc(O)c4Cc4ccc(C(C)C)cc4)[nH]3)C3CC(C4(C5=CCNC(N)=C5)CCCC4)CC3(O)C(CNC)CC(O)C2C(=O)O)C(O)C1. The van der Waals surface area contributed by atoms with Crippen LogP contribution in [0.5, 0.6) is 11.5 Å². The Morgan fingerprint density at radius 1 is 0.905 bits per heavy atom. The van der Waals surface area contributed by atoms with Crippen LogP contribution >= 0.6 is 0 Å². The summed E-state index contributed by atoms with van der Waals surface area (Å²) in [5.41, 5.74) is 12.9. The molecule has 1 aliphatic heterocycles. The van der Waals surface area contributed by atoms with Crippen LogP contribution in [0.4, 0.5) is 0 Å². The van der Waals surface area contributed by atoms with Crippen LogP contribution in [0, 0.1) is 46.8 Å². The maximum atomic E-state index is 14.0. The van der Waals surface area contributed by atoms with Crippen molar-refractivity contribution in [1.29, 1.82) is 0 Å². The number of aromatic nitrogens is 1. The van der Waals surface area contributed by atoms with Gasteiger partial charge in [-0.2, -0.15) is 0 Å². The van der Waals surface area contributed by atoms with Crippen molar-refractivity contribution in [3.05, 3.63) is 106 Å². The summed E-state index contributed by atoms with van der Waals surface area (Å²) >= 11 is 0. The number of phenolic OH excluding ortho intramolecular Hbond substituents is 2. The number of rotatable bonds is 20. The lowest BCUT2D eigenvalue weighted by molar-refractivity contribution is -0.152. The first-order valence-corrected chi connectivity index (χ1v) is 29.0. The number of allylic oxidation sites excluding steroid dienone is 3. The minimum atomic E-state index is -1.26. The van der Waals surface area contributed by atoms with Gasteiger partial charge in [-0.15, -0.1) is 0 Å². The van der Waals surface area contributed by atoms with Crippen LogP contribution in [0.2, 0.25) is 0 Å². The van der Waals surface area contributed by atoms with Crippen molar-refractivity contribution in [2.45, 2.75) is 186 Å². The zero-order valence-electron chi connectivity index (χ0n) is 45.4. The van der Waals surface area contributed by atoms with Gasteiger partial charge in [0.2, 0.25) is 0 Å². The molecule has 0 spiro atoms. The van der Waals surface area contributed by atoms with E-state index in [-0.39, 0.29) is 59.0 Å². The first kappa shape index (κ1) is 55.7. The number of fused-ring (bicyclic) bond motifs is 1. The van der Waals surface area contributed by atoms with E-state index in [9.17, 15) is 35.4 Å². The molecule has 0 radical (unpaired) electrons. The standard InChI is InChI=1S/C63H92N4O7/c1-6-8-9-14-40-19-22-44(55(69)30-40)15-10-11-16-45-23-24-50(54-31-42(7-2)60(67-54)52-35-49(68)36-56(70)51(52)29-41-17-20-43(21-18-41)39(3)4)53-32-47(62(26-12-13-27-62)46-25-28-66-58(64)34-46)37-63(53,74)48(38-65-5)33-57(71)59(45)61(72)73/h17-22,25,31,34-36,39-40,44-45,47-48,50,53,55,57,59,65-71,74H,6-16,23-24,26-30,32-33,37-38,64H2,1-5H3,(H,72,73). The number of carboxylic acid groups (broad SMARTS) is 1. The molecule has 5 aliphatic rings. The van der Waals surface area contributed by atoms with Crippen LogP contribution < -0.4 is 16.4 Å². The van der Waals surface area contributed by atoms with E-state index in [1.807, 2.05) is 7.05 Å². The van der Waals surface area contributed by atoms with Crippen LogP contribution in [0.25, 0.3) is 11.3 Å². The summed E-state index contributed by atoms with van der Waals surface area (Å²) in [6, 6.07) is 13.9. The lowest BCUT2D eigenvalue weighted by atomic mass is 9.65. The Hall–Kier alpha value is -4.55. The number of hydrogen-bond donors (Lipinski definition) is 10. The van der Waals surface area contributed by atoms with Gasteiger partial charge in [0.15, 0.2) is 0 Å². The highest BCUT2D eigenvalue weighted by molar-refractivity contribution is 5.73. The van der Waals surface area contributed by atoms with Gasteiger partial charge in [-0.25, -0.2) is 0 Å². The Morgan fingerprint density at radius 3 is 2.32 bits per heavy atom. The summed E-state index contributed by atoms with van der Waals surface area (Å²) < 4.78 is 0. The molecule has 11 unspecified atom stereocenters. The minimum Gasteiger partial charge on any atom is -0.508 e. The van der Waals surface area contributed by atoms with Gasteiger partial charge in [0.25, 0.3) is 0 Å². The predicted molar refractivity (Wildman–Crippen MR) is 297 cm³/mol. The Bertz CT molecular complexity index is 2430. The second-order valence-electron chi connectivity index (χ2n) is 24.0. The third kappa shape index (κ3) is 12.2. The van der Waals surface area contributed by atoms with E-state index in [2.05, 4.69) is 97.9 Å². The van der Waals surface area contributed by atoms with Crippen molar-refractivity contribution in [2.24, 2.45) is 52.6 Å². The maximum Gasteiger partial charge on any atom is 0.309 e. The largest absolute Gasteiger partial charge is 0.508 e. The summed E-state index contributed by atoms with van der Waals surface area (Å²) in [5, 5.41) is 78.1. The van der Waals surface area contributed by atoms with Crippen molar-refractivity contribution in [3.8, 4) is 22.8 Å². The smallest absolute Gasteiger partial charge is 0.309 e. The van der Waals surface area contributed by atoms with Crippen molar-refractivity contribution < 1.29 is 35.4 Å². The first-order chi connectivity index (χ1) is 35.6. The molecule has 74 heavy (non-hydrogen) atoms. The van der Waals surface area contributed by atoms with Crippen LogP contribution in [-0.4, -0.2) is 79.5 Å². The minimum absolute atomic E-state index is 0.0262. The number of aliphatic carboxylic acids is 1. The molecule has 406 valence electrons. The molecule has 3 aromatic rings. The molecule has 8 rings (SSSR count). The van der Waals surface area contributed by atoms with Gasteiger partial charge in [0.05, 0.1) is 29.5 Å². The number of aryl methyl sites for hydroxylation is 1. The monoisotopic (exact) mass is 1020 g/mol. The highest BCUT2D eigenvalue weighted by Gasteiger charge is 2.60. The summed E-state index contributed by atoms with van der Waals surface area (Å²) in [4.78, 5) is 17.6. The molecule has 4 aliphatic carbocycles. The van der Waals surface area contributed by atoms with E-state index in [4.69, 9.17) is 5.73 Å². The maximum absolute atomic E-state index is 14.0. The molecule has 2 aromatic carbocycles. The fraction of sp³-hybridized carbons (Fsp3) is 0.635. The highest BCUT2D eigenvalue weighted by atomic mass is 16.4. The molecule has 1 aromatic heterocycles. The summed E-state index contributed by atoms with van der Waals surface area (Å²) in [7, 11) is 1.88. The molecule has 11 heteroatoms. The molecule has 0 bridgehead atoms. The molecule has 3 saturated carbocycles. The van der Waals surface area contributed by atoms with E-state index in [1.54, 1.807) is 6.07 Å². The second-order valence-corrected chi connectivity index (χ2v) is 24.0. The van der Waals surface area contributed by atoms with Gasteiger partial charge in [-0.1, -0.05) is 115 Å². The number of aromatic amines is 1. The van der Waals surface area contributed by atoms with Gasteiger partial charge in [0.1, 0.15) is 11.5 Å². The normalized spacial score (nSPS) is 30.2. The third-order valence-electron chi connectivity index (χ3n) is 19.2. The van der Waals surface area contributed by atoms with E-state index in [1.165, 1.54) is 36.5 Å². The number of H-pyrrole nitrogens is 1. The fourth-order valence-electron chi connectivity index (χ4n) is 15.1. The lowest BCUT2D eigenvalue weighted by Gasteiger charge is -2.45. The molecular weight excluding hydrogens is 925 g/mol. The van der Waals surface area contributed by atoms with Gasteiger partial charge in [-0.05, 0) is 160 Å². The summed E-state index contributed by atoms with van der Waals surface area (Å²) in [6.07, 6.45) is 24.0. The number of aliphatic hydroxyl groups is 3. The Balaban J connectivity index is 1.18. The number of nitrogens with two attached hydrogens (primary N) is 1. The predicted octanol–water partition coefficient (Wildman–Crippen LogP) is 11.5. The van der Waals surface area contributed by atoms with Gasteiger partial charge < -0.3 is 52.0 Å². The van der Waals surface area contributed by atoms with E-state index in [0.29, 0.717) is 74.8 Å². The van der Waals surface area contributed by atoms with Crippen LogP contribution in [-0.2, 0) is 17.6 Å². The number of aliphatic hydroxyl groups excluding tert-OH is 2. The molecule has 11 nitrogen and oxygen atoms in total. The molecule has 0 amide bonds. The average Bonchev–Trinajstić information content (AvgIpc) is 4.13. The number of carbonyl (C=O) groups is 1. The number of unbranched alkanes of at least 4 members (excludes halogenated alkanes) is 3. The zero-order valence-corrected chi connectivity index (χ0v) is 45.4. The number of nitrogens with one attached hydrogen (secondary N) is 3. The number of benzene rings is 2.